The van der Waals surface area contributed by atoms with E-state index in [1.54, 1.807) is 15.5 Å². The second-order valence-electron chi connectivity index (χ2n) is 10.4. The summed E-state index contributed by atoms with van der Waals surface area (Å²) in [6, 6.07) is 6.77. The lowest BCUT2D eigenvalue weighted by Crippen LogP contribution is -3.15. The number of nitrogens with zero attached hydrogens (tertiary/aromatic N) is 1. The zero-order chi connectivity index (χ0) is 24.8. The first-order valence-electron chi connectivity index (χ1n) is 12.4. The maximum Gasteiger partial charge on any atom is 0.416 e. The van der Waals surface area contributed by atoms with Crippen LogP contribution >= 0.6 is 0 Å². The van der Waals surface area contributed by atoms with Crippen molar-refractivity contribution in [1.82, 2.24) is 4.57 Å². The highest BCUT2D eigenvalue weighted by atomic mass is 32.2. The summed E-state index contributed by atoms with van der Waals surface area (Å²) in [5.41, 5.74) is -0.717. The SMILES string of the molecule is O=c1c(NS(=O)(=O)c2cccc(C(F)(F)F)c2)ccc2n1C[C@H]1C[C@@H]2C[NH+](CC2CCCCC2)C1. The molecule has 5 rings (SSSR count). The third-order valence-electron chi connectivity index (χ3n) is 7.82. The van der Waals surface area contributed by atoms with Crippen molar-refractivity contribution in [2.24, 2.45) is 11.8 Å². The van der Waals surface area contributed by atoms with Gasteiger partial charge in [0.25, 0.3) is 15.6 Å². The number of halogens is 3. The number of fused-ring (bicyclic) bond motifs is 4. The van der Waals surface area contributed by atoms with Gasteiger partial charge in [-0.05, 0) is 49.6 Å². The number of anilines is 1. The first kappa shape index (κ1) is 24.4. The molecule has 0 radical (unpaired) electrons. The molecule has 35 heavy (non-hydrogen) atoms. The highest BCUT2D eigenvalue weighted by Crippen LogP contribution is 2.33. The largest absolute Gasteiger partial charge is 0.416 e. The molecule has 1 saturated carbocycles. The molecule has 0 spiro atoms. The lowest BCUT2D eigenvalue weighted by molar-refractivity contribution is -0.914. The van der Waals surface area contributed by atoms with Crippen LogP contribution in [0.5, 0.6) is 0 Å². The van der Waals surface area contributed by atoms with Crippen LogP contribution in [-0.2, 0) is 22.7 Å². The fraction of sp³-hybridized carbons (Fsp3) is 0.560. The summed E-state index contributed by atoms with van der Waals surface area (Å²) in [6.45, 7) is 3.71. The van der Waals surface area contributed by atoms with Crippen LogP contribution in [-0.4, -0.2) is 32.6 Å². The Labute approximate surface area is 203 Å². The fourth-order valence-electron chi connectivity index (χ4n) is 6.26. The molecule has 3 aliphatic rings. The lowest BCUT2D eigenvalue weighted by Gasteiger charge is -2.41. The highest BCUT2D eigenvalue weighted by Gasteiger charge is 2.38. The molecule has 1 aromatic carbocycles. The van der Waals surface area contributed by atoms with E-state index in [2.05, 4.69) is 4.72 Å². The number of likely N-dealkylation sites (tertiary alicyclic amines) is 1. The average molecular weight is 511 g/mol. The Morgan fingerprint density at radius 2 is 1.83 bits per heavy atom. The van der Waals surface area contributed by atoms with Gasteiger partial charge in [0.15, 0.2) is 0 Å². The van der Waals surface area contributed by atoms with Gasteiger partial charge in [-0.3, -0.25) is 9.52 Å². The summed E-state index contributed by atoms with van der Waals surface area (Å²) in [5.74, 6) is 1.39. The molecule has 190 valence electrons. The van der Waals surface area contributed by atoms with Crippen molar-refractivity contribution in [3.05, 3.63) is 58.0 Å². The molecular formula is C25H31F3N3O3S+. The minimum absolute atomic E-state index is 0.141. The minimum Gasteiger partial charge on any atom is -0.334 e. The van der Waals surface area contributed by atoms with Crippen molar-refractivity contribution >= 4 is 15.7 Å². The van der Waals surface area contributed by atoms with E-state index in [1.165, 1.54) is 44.7 Å². The summed E-state index contributed by atoms with van der Waals surface area (Å²) in [4.78, 5) is 14.3. The summed E-state index contributed by atoms with van der Waals surface area (Å²) < 4.78 is 68.6. The third-order valence-corrected chi connectivity index (χ3v) is 9.18. The molecule has 1 saturated heterocycles. The number of sulfonamides is 1. The minimum atomic E-state index is -4.67. The Kier molecular flexibility index (Phi) is 6.46. The number of hydrogen-bond acceptors (Lipinski definition) is 3. The van der Waals surface area contributed by atoms with E-state index in [4.69, 9.17) is 0 Å². The normalized spacial score (nSPS) is 25.2. The monoisotopic (exact) mass is 510 g/mol. The molecule has 1 aromatic heterocycles. The van der Waals surface area contributed by atoms with Crippen molar-refractivity contribution in [3.63, 3.8) is 0 Å². The van der Waals surface area contributed by atoms with Gasteiger partial charge in [0, 0.05) is 30.0 Å². The van der Waals surface area contributed by atoms with Crippen molar-refractivity contribution in [3.8, 4) is 0 Å². The number of piperidine rings is 1. The molecule has 6 nitrogen and oxygen atoms in total. The summed E-state index contributed by atoms with van der Waals surface area (Å²) >= 11 is 0. The number of aromatic nitrogens is 1. The van der Waals surface area contributed by atoms with Crippen LogP contribution in [0.2, 0.25) is 0 Å². The number of quaternary nitrogens is 1. The van der Waals surface area contributed by atoms with Crippen LogP contribution in [0.4, 0.5) is 18.9 Å². The topological polar surface area (TPSA) is 72.6 Å². The Balaban J connectivity index is 1.35. The molecule has 2 fully saturated rings. The Hall–Kier alpha value is -2.33. The molecule has 1 aliphatic carbocycles. The highest BCUT2D eigenvalue weighted by molar-refractivity contribution is 7.92. The molecule has 3 atom stereocenters. The van der Waals surface area contributed by atoms with Crippen LogP contribution in [0, 0.1) is 11.8 Å². The van der Waals surface area contributed by atoms with Crippen molar-refractivity contribution in [2.75, 3.05) is 24.4 Å². The Morgan fingerprint density at radius 1 is 1.06 bits per heavy atom. The molecule has 3 heterocycles. The van der Waals surface area contributed by atoms with Crippen LogP contribution < -0.4 is 15.2 Å². The molecule has 2 aromatic rings. The first-order chi connectivity index (χ1) is 16.6. The zero-order valence-electron chi connectivity index (χ0n) is 19.5. The van der Waals surface area contributed by atoms with Gasteiger partial charge in [-0.2, -0.15) is 13.2 Å². The summed E-state index contributed by atoms with van der Waals surface area (Å²) in [5, 5.41) is 0. The molecular weight excluding hydrogens is 479 g/mol. The van der Waals surface area contributed by atoms with Crippen molar-refractivity contribution in [2.45, 2.75) is 62.1 Å². The average Bonchev–Trinajstić information content (AvgIpc) is 2.81. The number of hydrogen-bond donors (Lipinski definition) is 2. The van der Waals surface area contributed by atoms with E-state index in [0.717, 1.165) is 49.3 Å². The summed E-state index contributed by atoms with van der Waals surface area (Å²) in [7, 11) is -4.36. The predicted molar refractivity (Wildman–Crippen MR) is 126 cm³/mol. The second-order valence-corrected chi connectivity index (χ2v) is 12.1. The maximum absolute atomic E-state index is 13.2. The van der Waals surface area contributed by atoms with E-state index in [-0.39, 0.29) is 11.6 Å². The van der Waals surface area contributed by atoms with Gasteiger partial charge in [-0.25, -0.2) is 8.42 Å². The second kappa shape index (κ2) is 9.28. The van der Waals surface area contributed by atoms with Gasteiger partial charge in [-0.15, -0.1) is 0 Å². The maximum atomic E-state index is 13.2. The smallest absolute Gasteiger partial charge is 0.334 e. The third kappa shape index (κ3) is 5.14. The number of pyridine rings is 1. The standard InChI is InChI=1S/C25H30F3N3O3S/c26-25(27,28)20-7-4-8-21(12-20)35(33,34)29-22-9-10-23-19-11-18(15-31(23)24(22)32)14-30(16-19)13-17-5-2-1-3-6-17/h4,7-10,12,17-19,29H,1-3,5-6,11,13-16H2/p+1/t18-,19+/m0/s1. The van der Waals surface area contributed by atoms with E-state index in [0.29, 0.717) is 18.5 Å². The number of nitrogens with one attached hydrogen (secondary N) is 2. The van der Waals surface area contributed by atoms with Crippen molar-refractivity contribution < 1.29 is 26.5 Å². The molecule has 0 amide bonds. The van der Waals surface area contributed by atoms with Crippen molar-refractivity contribution in [1.29, 1.82) is 0 Å². The molecule has 2 bridgehead atoms. The van der Waals surface area contributed by atoms with Gasteiger partial charge >= 0.3 is 6.18 Å². The van der Waals surface area contributed by atoms with Gasteiger partial charge in [0.1, 0.15) is 5.69 Å². The van der Waals surface area contributed by atoms with Gasteiger partial charge in [-0.1, -0.05) is 25.3 Å². The Bertz CT molecular complexity index is 1250. The first-order valence-corrected chi connectivity index (χ1v) is 13.9. The van der Waals surface area contributed by atoms with Gasteiger partial charge < -0.3 is 9.47 Å². The molecule has 2 aliphatic heterocycles. The van der Waals surface area contributed by atoms with Crippen LogP contribution in [0.3, 0.4) is 0 Å². The van der Waals surface area contributed by atoms with Crippen LogP contribution in [0.1, 0.15) is 55.7 Å². The van der Waals surface area contributed by atoms with E-state index < -0.39 is 32.2 Å². The van der Waals surface area contributed by atoms with Gasteiger partial charge in [0.05, 0.1) is 30.1 Å². The lowest BCUT2D eigenvalue weighted by atomic mass is 9.81. The van der Waals surface area contributed by atoms with E-state index in [1.807, 2.05) is 0 Å². The van der Waals surface area contributed by atoms with Crippen LogP contribution in [0.15, 0.2) is 46.1 Å². The Morgan fingerprint density at radius 3 is 2.57 bits per heavy atom. The van der Waals surface area contributed by atoms with Gasteiger partial charge in [0.2, 0.25) is 0 Å². The quantitative estimate of drug-likeness (QED) is 0.649. The van der Waals surface area contributed by atoms with Crippen LogP contribution in [0.25, 0.3) is 0 Å². The molecule has 10 heteroatoms. The number of alkyl halides is 3. The molecule has 2 N–H and O–H groups in total. The fourth-order valence-corrected chi connectivity index (χ4v) is 7.36. The zero-order valence-corrected chi connectivity index (χ0v) is 20.3. The van der Waals surface area contributed by atoms with E-state index >= 15 is 0 Å². The van der Waals surface area contributed by atoms with E-state index in [9.17, 15) is 26.4 Å². The number of rotatable bonds is 5. The summed E-state index contributed by atoms with van der Waals surface area (Å²) in [6.07, 6.45) is 2.97. The molecule has 1 unspecified atom stereocenters. The number of benzene rings is 1. The predicted octanol–water partition coefficient (Wildman–Crippen LogP) is 3.25.